The average Bonchev–Trinajstić information content (AvgIpc) is 2.69. The second kappa shape index (κ2) is 5.09. The standard InChI is InChI=1S/C12H12FNOS/c13-10-4-9(5-11(14)6-10)7-15-8-12-2-1-3-16-12/h1-6H,7-8,14H2. The summed E-state index contributed by atoms with van der Waals surface area (Å²) in [5.41, 5.74) is 6.72. The first-order valence-electron chi connectivity index (χ1n) is 4.89. The number of nitrogen functional groups attached to an aromatic ring is 1. The Morgan fingerprint density at radius 3 is 2.81 bits per heavy atom. The highest BCUT2D eigenvalue weighted by Gasteiger charge is 1.99. The van der Waals surface area contributed by atoms with Gasteiger partial charge in [0.15, 0.2) is 0 Å². The number of thiophene rings is 1. The maximum atomic E-state index is 13.0. The lowest BCUT2D eigenvalue weighted by Gasteiger charge is -2.04. The summed E-state index contributed by atoms with van der Waals surface area (Å²) < 4.78 is 18.5. The van der Waals surface area contributed by atoms with Crippen LogP contribution in [0.4, 0.5) is 10.1 Å². The second-order valence-corrected chi connectivity index (χ2v) is 4.50. The van der Waals surface area contributed by atoms with Crippen molar-refractivity contribution in [1.29, 1.82) is 0 Å². The Morgan fingerprint density at radius 2 is 2.12 bits per heavy atom. The number of hydrogen-bond donors (Lipinski definition) is 1. The van der Waals surface area contributed by atoms with E-state index in [4.69, 9.17) is 10.5 Å². The summed E-state index contributed by atoms with van der Waals surface area (Å²) in [6, 6.07) is 8.43. The van der Waals surface area contributed by atoms with Gasteiger partial charge in [-0.2, -0.15) is 0 Å². The van der Waals surface area contributed by atoms with E-state index in [9.17, 15) is 4.39 Å². The zero-order valence-corrected chi connectivity index (χ0v) is 9.47. The molecule has 0 aliphatic rings. The van der Waals surface area contributed by atoms with Crippen LogP contribution in [0, 0.1) is 5.82 Å². The van der Waals surface area contributed by atoms with Gasteiger partial charge in [0.25, 0.3) is 0 Å². The van der Waals surface area contributed by atoms with Crippen LogP contribution in [0.3, 0.4) is 0 Å². The maximum absolute atomic E-state index is 13.0. The van der Waals surface area contributed by atoms with Gasteiger partial charge in [-0.05, 0) is 35.2 Å². The van der Waals surface area contributed by atoms with Crippen molar-refractivity contribution >= 4 is 17.0 Å². The van der Waals surface area contributed by atoms with E-state index in [2.05, 4.69) is 0 Å². The minimum absolute atomic E-state index is 0.324. The number of rotatable bonds is 4. The molecule has 2 N–H and O–H groups in total. The molecule has 2 rings (SSSR count). The Balaban J connectivity index is 1.89. The zero-order valence-electron chi connectivity index (χ0n) is 8.65. The van der Waals surface area contributed by atoms with Crippen LogP contribution in [0.5, 0.6) is 0 Å². The van der Waals surface area contributed by atoms with Crippen molar-refractivity contribution in [3.8, 4) is 0 Å². The molecule has 4 heteroatoms. The molecular weight excluding hydrogens is 225 g/mol. The van der Waals surface area contributed by atoms with E-state index in [1.807, 2.05) is 17.5 Å². The monoisotopic (exact) mass is 237 g/mol. The molecule has 0 bridgehead atoms. The van der Waals surface area contributed by atoms with Crippen molar-refractivity contribution in [1.82, 2.24) is 0 Å². The highest BCUT2D eigenvalue weighted by atomic mass is 32.1. The van der Waals surface area contributed by atoms with Gasteiger partial charge in [0.2, 0.25) is 0 Å². The largest absolute Gasteiger partial charge is 0.399 e. The van der Waals surface area contributed by atoms with Gasteiger partial charge in [-0.15, -0.1) is 11.3 Å². The molecule has 0 spiro atoms. The summed E-state index contributed by atoms with van der Waals surface area (Å²) in [7, 11) is 0. The van der Waals surface area contributed by atoms with Gasteiger partial charge in [0, 0.05) is 10.6 Å². The first-order valence-corrected chi connectivity index (χ1v) is 5.77. The molecule has 0 fully saturated rings. The second-order valence-electron chi connectivity index (χ2n) is 3.46. The molecule has 0 unspecified atom stereocenters. The molecule has 0 aliphatic carbocycles. The molecule has 2 nitrogen and oxygen atoms in total. The van der Waals surface area contributed by atoms with E-state index in [-0.39, 0.29) is 5.82 Å². The summed E-state index contributed by atoms with van der Waals surface area (Å²) >= 11 is 1.64. The third kappa shape index (κ3) is 3.05. The van der Waals surface area contributed by atoms with Gasteiger partial charge < -0.3 is 10.5 Å². The Bertz CT molecular complexity index is 436. The Hall–Kier alpha value is -1.39. The van der Waals surface area contributed by atoms with E-state index in [1.165, 1.54) is 12.1 Å². The molecule has 0 saturated heterocycles. The van der Waals surface area contributed by atoms with E-state index in [0.717, 1.165) is 10.4 Å². The van der Waals surface area contributed by atoms with E-state index >= 15 is 0 Å². The van der Waals surface area contributed by atoms with Crippen LogP contribution in [0.1, 0.15) is 10.4 Å². The van der Waals surface area contributed by atoms with Crippen LogP contribution >= 0.6 is 11.3 Å². The van der Waals surface area contributed by atoms with Crippen molar-refractivity contribution in [3.05, 3.63) is 52.0 Å². The molecule has 16 heavy (non-hydrogen) atoms. The quantitative estimate of drug-likeness (QED) is 0.829. The fourth-order valence-corrected chi connectivity index (χ4v) is 2.06. The molecular formula is C12H12FNOS. The van der Waals surface area contributed by atoms with Crippen LogP contribution < -0.4 is 5.73 Å². The van der Waals surface area contributed by atoms with Crippen molar-refractivity contribution < 1.29 is 9.13 Å². The van der Waals surface area contributed by atoms with Gasteiger partial charge in [0.1, 0.15) is 5.82 Å². The summed E-state index contributed by atoms with van der Waals surface area (Å²) in [6.07, 6.45) is 0. The molecule has 0 amide bonds. The molecule has 0 radical (unpaired) electrons. The lowest BCUT2D eigenvalue weighted by Crippen LogP contribution is -1.95. The van der Waals surface area contributed by atoms with Crippen LogP contribution in [-0.4, -0.2) is 0 Å². The number of nitrogens with two attached hydrogens (primary N) is 1. The third-order valence-corrected chi connectivity index (χ3v) is 2.92. The number of hydrogen-bond acceptors (Lipinski definition) is 3. The highest BCUT2D eigenvalue weighted by Crippen LogP contribution is 2.14. The number of benzene rings is 1. The first-order chi connectivity index (χ1) is 7.74. The molecule has 1 aromatic carbocycles. The van der Waals surface area contributed by atoms with Crippen LogP contribution in [-0.2, 0) is 18.0 Å². The lowest BCUT2D eigenvalue weighted by atomic mass is 10.2. The highest BCUT2D eigenvalue weighted by molar-refractivity contribution is 7.09. The summed E-state index contributed by atoms with van der Waals surface area (Å²) in [6.45, 7) is 0.925. The predicted octanol–water partition coefficient (Wildman–Crippen LogP) is 3.19. The van der Waals surface area contributed by atoms with Gasteiger partial charge in [-0.25, -0.2) is 4.39 Å². The Morgan fingerprint density at radius 1 is 1.25 bits per heavy atom. The van der Waals surface area contributed by atoms with Gasteiger partial charge in [-0.1, -0.05) is 6.07 Å². The Labute approximate surface area is 97.5 Å². The van der Waals surface area contributed by atoms with E-state index < -0.39 is 0 Å². The molecule has 1 heterocycles. The molecule has 0 aliphatic heterocycles. The minimum atomic E-state index is -0.324. The zero-order chi connectivity index (χ0) is 11.4. The van der Waals surface area contributed by atoms with Crippen LogP contribution in [0.25, 0.3) is 0 Å². The third-order valence-electron chi connectivity index (χ3n) is 2.07. The van der Waals surface area contributed by atoms with Crippen LogP contribution in [0.2, 0.25) is 0 Å². The normalized spacial score (nSPS) is 10.6. The van der Waals surface area contributed by atoms with E-state index in [1.54, 1.807) is 17.4 Å². The molecule has 0 saturated carbocycles. The minimum Gasteiger partial charge on any atom is -0.399 e. The van der Waals surface area contributed by atoms with Gasteiger partial charge in [0.05, 0.1) is 13.2 Å². The van der Waals surface area contributed by atoms with Crippen molar-refractivity contribution in [2.24, 2.45) is 0 Å². The lowest BCUT2D eigenvalue weighted by molar-refractivity contribution is 0.109. The number of anilines is 1. The molecule has 1 aromatic heterocycles. The number of ether oxygens (including phenoxy) is 1. The summed E-state index contributed by atoms with van der Waals surface area (Å²) in [5.74, 6) is -0.324. The van der Waals surface area contributed by atoms with Crippen molar-refractivity contribution in [2.75, 3.05) is 5.73 Å². The van der Waals surface area contributed by atoms with Gasteiger partial charge in [-0.3, -0.25) is 0 Å². The van der Waals surface area contributed by atoms with E-state index in [0.29, 0.717) is 18.9 Å². The number of halogens is 1. The van der Waals surface area contributed by atoms with Crippen molar-refractivity contribution in [3.63, 3.8) is 0 Å². The van der Waals surface area contributed by atoms with Crippen molar-refractivity contribution in [2.45, 2.75) is 13.2 Å². The Kier molecular flexibility index (Phi) is 3.54. The SMILES string of the molecule is Nc1cc(F)cc(COCc2cccs2)c1. The molecule has 0 atom stereocenters. The maximum Gasteiger partial charge on any atom is 0.125 e. The fourth-order valence-electron chi connectivity index (χ4n) is 1.42. The van der Waals surface area contributed by atoms with Gasteiger partial charge >= 0.3 is 0 Å². The summed E-state index contributed by atoms with van der Waals surface area (Å²) in [4.78, 5) is 1.16. The average molecular weight is 237 g/mol. The first kappa shape index (κ1) is 11.1. The fraction of sp³-hybridized carbons (Fsp3) is 0.167. The van der Waals surface area contributed by atoms with Crippen LogP contribution in [0.15, 0.2) is 35.7 Å². The summed E-state index contributed by atoms with van der Waals surface area (Å²) in [5, 5.41) is 2.00. The predicted molar refractivity (Wildman–Crippen MR) is 63.6 cm³/mol. The molecule has 2 aromatic rings. The molecule has 84 valence electrons. The topological polar surface area (TPSA) is 35.2 Å². The smallest absolute Gasteiger partial charge is 0.125 e.